The molecule has 2 N–H and O–H groups in total. The Hall–Kier alpha value is -1.36. The Bertz CT molecular complexity index is 469. The zero-order chi connectivity index (χ0) is 12.4. The van der Waals surface area contributed by atoms with E-state index < -0.39 is 5.97 Å². The number of carboxylic acids is 1. The normalized spacial score (nSPS) is 15.1. The van der Waals surface area contributed by atoms with Crippen molar-refractivity contribution in [3.8, 4) is 0 Å². The molecule has 90 valence electrons. The van der Waals surface area contributed by atoms with Crippen molar-refractivity contribution in [1.82, 2.24) is 0 Å². The van der Waals surface area contributed by atoms with Crippen molar-refractivity contribution in [3.05, 3.63) is 28.2 Å². The molecular formula is C12H12BrNO3. The summed E-state index contributed by atoms with van der Waals surface area (Å²) in [6.45, 7) is 0. The van der Waals surface area contributed by atoms with Gasteiger partial charge in [0.15, 0.2) is 0 Å². The Morgan fingerprint density at radius 2 is 2.06 bits per heavy atom. The fraction of sp³-hybridized carbons (Fsp3) is 0.333. The fourth-order valence-electron chi connectivity index (χ4n) is 1.65. The zero-order valence-electron chi connectivity index (χ0n) is 9.07. The Kier molecular flexibility index (Phi) is 3.47. The van der Waals surface area contributed by atoms with Crippen LogP contribution in [0.25, 0.3) is 0 Å². The number of anilines is 1. The van der Waals surface area contributed by atoms with E-state index in [0.29, 0.717) is 10.2 Å². The van der Waals surface area contributed by atoms with Gasteiger partial charge in [-0.1, -0.05) is 6.42 Å². The van der Waals surface area contributed by atoms with Crippen molar-refractivity contribution >= 4 is 33.5 Å². The predicted octanol–water partition coefficient (Wildman–Crippen LogP) is 2.89. The molecule has 2 rings (SSSR count). The molecule has 1 amide bonds. The van der Waals surface area contributed by atoms with Gasteiger partial charge in [-0.2, -0.15) is 0 Å². The summed E-state index contributed by atoms with van der Waals surface area (Å²) in [6.07, 6.45) is 2.99. The first-order chi connectivity index (χ1) is 8.08. The first-order valence-electron chi connectivity index (χ1n) is 5.41. The third-order valence-corrected chi connectivity index (χ3v) is 3.61. The van der Waals surface area contributed by atoms with E-state index in [-0.39, 0.29) is 17.4 Å². The van der Waals surface area contributed by atoms with Crippen LogP contribution in [-0.2, 0) is 4.79 Å². The van der Waals surface area contributed by atoms with E-state index in [0.717, 1.165) is 19.3 Å². The number of amides is 1. The molecule has 17 heavy (non-hydrogen) atoms. The lowest BCUT2D eigenvalue weighted by molar-refractivity contribution is -0.122. The molecule has 1 aliphatic rings. The number of hydrogen-bond acceptors (Lipinski definition) is 2. The molecule has 1 fully saturated rings. The lowest BCUT2D eigenvalue weighted by atomic mass is 9.85. The molecule has 1 aromatic rings. The summed E-state index contributed by atoms with van der Waals surface area (Å²) < 4.78 is 0.588. The van der Waals surface area contributed by atoms with Gasteiger partial charge in [0.1, 0.15) is 0 Å². The van der Waals surface area contributed by atoms with Crippen LogP contribution in [0.4, 0.5) is 5.69 Å². The van der Waals surface area contributed by atoms with Crippen molar-refractivity contribution in [3.63, 3.8) is 0 Å². The molecular weight excluding hydrogens is 286 g/mol. The van der Waals surface area contributed by atoms with Crippen molar-refractivity contribution in [2.75, 3.05) is 5.32 Å². The topological polar surface area (TPSA) is 66.4 Å². The molecule has 0 bridgehead atoms. The standard InChI is InChI=1S/C12H12BrNO3/c13-9-6-8(12(16)17)4-5-10(9)14-11(15)7-2-1-3-7/h4-7H,1-3H2,(H,14,15)(H,16,17). The molecule has 5 heteroatoms. The van der Waals surface area contributed by atoms with E-state index in [1.807, 2.05) is 0 Å². The quantitative estimate of drug-likeness (QED) is 0.901. The lowest BCUT2D eigenvalue weighted by Gasteiger charge is -2.24. The average molecular weight is 298 g/mol. The minimum absolute atomic E-state index is 0.0139. The second kappa shape index (κ2) is 4.87. The number of rotatable bonds is 3. The number of carbonyl (C=O) groups is 2. The molecule has 0 unspecified atom stereocenters. The largest absolute Gasteiger partial charge is 0.478 e. The summed E-state index contributed by atoms with van der Waals surface area (Å²) in [5.41, 5.74) is 0.811. The number of nitrogens with one attached hydrogen (secondary N) is 1. The number of carbonyl (C=O) groups excluding carboxylic acids is 1. The molecule has 1 aliphatic carbocycles. The third-order valence-electron chi connectivity index (χ3n) is 2.95. The third kappa shape index (κ3) is 2.66. The van der Waals surface area contributed by atoms with Crippen LogP contribution in [0.1, 0.15) is 29.6 Å². The number of hydrogen-bond donors (Lipinski definition) is 2. The first kappa shape index (κ1) is 12.1. The van der Waals surface area contributed by atoms with Gasteiger partial charge < -0.3 is 10.4 Å². The van der Waals surface area contributed by atoms with Crippen LogP contribution in [0.3, 0.4) is 0 Å². The van der Waals surface area contributed by atoms with Crippen LogP contribution >= 0.6 is 15.9 Å². The fourth-order valence-corrected chi connectivity index (χ4v) is 2.13. The summed E-state index contributed by atoms with van der Waals surface area (Å²) >= 11 is 3.25. The molecule has 0 aliphatic heterocycles. The highest BCUT2D eigenvalue weighted by atomic mass is 79.9. The van der Waals surface area contributed by atoms with Crippen LogP contribution in [0.15, 0.2) is 22.7 Å². The maximum absolute atomic E-state index is 11.7. The van der Waals surface area contributed by atoms with Gasteiger partial charge in [0.2, 0.25) is 5.91 Å². The van der Waals surface area contributed by atoms with Gasteiger partial charge in [0.05, 0.1) is 11.3 Å². The van der Waals surface area contributed by atoms with Gasteiger partial charge in [-0.15, -0.1) is 0 Å². The highest BCUT2D eigenvalue weighted by Gasteiger charge is 2.25. The Balaban J connectivity index is 2.10. The van der Waals surface area contributed by atoms with Crippen LogP contribution in [0.5, 0.6) is 0 Å². The van der Waals surface area contributed by atoms with Gasteiger partial charge in [-0.25, -0.2) is 4.79 Å². The highest BCUT2D eigenvalue weighted by molar-refractivity contribution is 9.10. The summed E-state index contributed by atoms with van der Waals surface area (Å²) in [6, 6.07) is 4.56. The van der Waals surface area contributed by atoms with Gasteiger partial charge in [-0.3, -0.25) is 4.79 Å². The highest BCUT2D eigenvalue weighted by Crippen LogP contribution is 2.29. The van der Waals surface area contributed by atoms with E-state index in [4.69, 9.17) is 5.11 Å². The predicted molar refractivity (Wildman–Crippen MR) is 67.1 cm³/mol. The molecule has 0 heterocycles. The molecule has 0 atom stereocenters. The Labute approximate surface area is 107 Å². The maximum Gasteiger partial charge on any atom is 0.335 e. The maximum atomic E-state index is 11.7. The number of carboxylic acid groups (broad SMARTS) is 1. The summed E-state index contributed by atoms with van der Waals surface area (Å²) in [4.78, 5) is 22.5. The van der Waals surface area contributed by atoms with E-state index in [2.05, 4.69) is 21.2 Å². The molecule has 4 nitrogen and oxygen atoms in total. The number of aromatic carboxylic acids is 1. The van der Waals surface area contributed by atoms with Crippen LogP contribution in [0, 0.1) is 5.92 Å². The second-order valence-corrected chi connectivity index (χ2v) is 4.97. The number of benzene rings is 1. The monoisotopic (exact) mass is 297 g/mol. The SMILES string of the molecule is O=C(O)c1ccc(NC(=O)C2CCC2)c(Br)c1. The molecule has 0 radical (unpaired) electrons. The van der Waals surface area contributed by atoms with Crippen molar-refractivity contribution in [2.45, 2.75) is 19.3 Å². The van der Waals surface area contributed by atoms with Crippen molar-refractivity contribution < 1.29 is 14.7 Å². The van der Waals surface area contributed by atoms with E-state index >= 15 is 0 Å². The minimum Gasteiger partial charge on any atom is -0.478 e. The summed E-state index contributed by atoms with van der Waals surface area (Å²) in [5, 5.41) is 11.6. The van der Waals surface area contributed by atoms with E-state index in [1.165, 1.54) is 12.1 Å². The van der Waals surface area contributed by atoms with E-state index in [9.17, 15) is 9.59 Å². The first-order valence-corrected chi connectivity index (χ1v) is 6.21. The van der Waals surface area contributed by atoms with Crippen LogP contribution in [-0.4, -0.2) is 17.0 Å². The molecule has 1 aromatic carbocycles. The smallest absolute Gasteiger partial charge is 0.335 e. The van der Waals surface area contributed by atoms with E-state index in [1.54, 1.807) is 6.07 Å². The summed E-state index contributed by atoms with van der Waals surface area (Å²) in [7, 11) is 0. The second-order valence-electron chi connectivity index (χ2n) is 4.12. The van der Waals surface area contributed by atoms with Gasteiger partial charge >= 0.3 is 5.97 Å². The Morgan fingerprint density at radius 1 is 1.35 bits per heavy atom. The Morgan fingerprint density at radius 3 is 2.53 bits per heavy atom. The average Bonchev–Trinajstić information content (AvgIpc) is 2.18. The van der Waals surface area contributed by atoms with Gasteiger partial charge in [0, 0.05) is 10.4 Å². The molecule has 0 saturated heterocycles. The molecule has 0 spiro atoms. The molecule has 1 saturated carbocycles. The summed E-state index contributed by atoms with van der Waals surface area (Å²) in [5.74, 6) is -0.858. The zero-order valence-corrected chi connectivity index (χ0v) is 10.7. The van der Waals surface area contributed by atoms with Gasteiger partial charge in [-0.05, 0) is 47.0 Å². The van der Waals surface area contributed by atoms with Crippen LogP contribution < -0.4 is 5.32 Å². The lowest BCUT2D eigenvalue weighted by Crippen LogP contribution is -2.28. The van der Waals surface area contributed by atoms with Crippen molar-refractivity contribution in [1.29, 1.82) is 0 Å². The van der Waals surface area contributed by atoms with Gasteiger partial charge in [0.25, 0.3) is 0 Å². The van der Waals surface area contributed by atoms with Crippen LogP contribution in [0.2, 0.25) is 0 Å². The minimum atomic E-state index is -0.984. The molecule has 0 aromatic heterocycles. The van der Waals surface area contributed by atoms with Crippen molar-refractivity contribution in [2.24, 2.45) is 5.92 Å². The number of halogens is 1.